The highest BCUT2D eigenvalue weighted by Gasteiger charge is 2.18. The van der Waals surface area contributed by atoms with Crippen molar-refractivity contribution in [3.63, 3.8) is 0 Å². The van der Waals surface area contributed by atoms with Gasteiger partial charge in [-0.25, -0.2) is 0 Å². The third-order valence-electron chi connectivity index (χ3n) is 6.90. The molecule has 0 heterocycles. The molecule has 1 aliphatic carbocycles. The summed E-state index contributed by atoms with van der Waals surface area (Å²) in [5.41, 5.74) is 6.40. The first-order valence-corrected chi connectivity index (χ1v) is 13.3. The number of rotatable bonds is 4. The summed E-state index contributed by atoms with van der Waals surface area (Å²) in [6.45, 7) is 4.11. The zero-order valence-electron chi connectivity index (χ0n) is 19.9. The number of hydrogen-bond acceptors (Lipinski definition) is 0. The van der Waals surface area contributed by atoms with Crippen LogP contribution in [0.4, 0.5) is 0 Å². The smallest absolute Gasteiger partial charge is 0.00581 e. The summed E-state index contributed by atoms with van der Waals surface area (Å²) >= 11 is 2.29. The van der Waals surface area contributed by atoms with E-state index in [1.165, 1.54) is 60.2 Å². The molecule has 5 aromatic rings. The molecule has 5 aromatic carbocycles. The van der Waals surface area contributed by atoms with Crippen LogP contribution in [0.2, 0.25) is 0 Å². The molecule has 0 spiro atoms. The molecule has 172 valence electrons. The van der Waals surface area contributed by atoms with Crippen molar-refractivity contribution in [1.82, 2.24) is 0 Å². The molecule has 0 atom stereocenters. The van der Waals surface area contributed by atoms with E-state index in [9.17, 15) is 0 Å². The molecule has 0 bridgehead atoms. The summed E-state index contributed by atoms with van der Waals surface area (Å²) in [4.78, 5) is 0. The van der Waals surface area contributed by atoms with E-state index in [4.69, 9.17) is 0 Å². The predicted octanol–water partition coefficient (Wildman–Crippen LogP) is 10.6. The Morgan fingerprint density at radius 3 is 1.97 bits per heavy atom. The van der Waals surface area contributed by atoms with Gasteiger partial charge in [-0.1, -0.05) is 122 Å². The Bertz CT molecular complexity index is 1720. The second-order valence-corrected chi connectivity index (χ2v) is 10.5. The molecular weight excluding hydrogens is 547 g/mol. The molecular formula is C35H25I. The van der Waals surface area contributed by atoms with Crippen LogP contribution in [-0.4, -0.2) is 0 Å². The number of fused-ring (bicyclic) bond motifs is 3. The molecule has 0 nitrogen and oxygen atoms in total. The Balaban J connectivity index is 1.74. The summed E-state index contributed by atoms with van der Waals surface area (Å²) in [6, 6.07) is 33.2. The number of allylic oxidation sites excluding steroid dienone is 9. The third-order valence-corrected chi connectivity index (χ3v) is 7.26. The predicted molar refractivity (Wildman–Crippen MR) is 167 cm³/mol. The van der Waals surface area contributed by atoms with Crippen molar-refractivity contribution in [2.45, 2.75) is 6.42 Å². The van der Waals surface area contributed by atoms with Crippen LogP contribution in [0.3, 0.4) is 0 Å². The fourth-order valence-electron chi connectivity index (χ4n) is 5.31. The van der Waals surface area contributed by atoms with Gasteiger partial charge >= 0.3 is 0 Å². The van der Waals surface area contributed by atoms with Crippen LogP contribution in [0, 0.1) is 0 Å². The van der Waals surface area contributed by atoms with Gasteiger partial charge in [0.25, 0.3) is 0 Å². The summed E-state index contributed by atoms with van der Waals surface area (Å²) in [6.07, 6.45) is 14.0. The first-order valence-electron chi connectivity index (χ1n) is 12.2. The maximum atomic E-state index is 4.11. The van der Waals surface area contributed by atoms with Crippen molar-refractivity contribution in [3.05, 3.63) is 149 Å². The maximum absolute atomic E-state index is 4.11. The highest BCUT2D eigenvalue weighted by atomic mass is 127. The van der Waals surface area contributed by atoms with E-state index in [-0.39, 0.29) is 0 Å². The monoisotopic (exact) mass is 572 g/mol. The number of halogens is 1. The molecule has 0 fully saturated rings. The van der Waals surface area contributed by atoms with Crippen molar-refractivity contribution >= 4 is 60.5 Å². The lowest BCUT2D eigenvalue weighted by Crippen LogP contribution is -1.96. The van der Waals surface area contributed by atoms with Crippen LogP contribution in [0.25, 0.3) is 49.0 Å². The van der Waals surface area contributed by atoms with Gasteiger partial charge in [-0.15, -0.1) is 0 Å². The van der Waals surface area contributed by atoms with Gasteiger partial charge in [0.2, 0.25) is 0 Å². The largest absolute Gasteiger partial charge is 0.0856 e. The average molecular weight is 572 g/mol. The fraction of sp³-hybridized carbons (Fsp3) is 0.0286. The normalized spacial score (nSPS) is 14.8. The third kappa shape index (κ3) is 4.14. The van der Waals surface area contributed by atoms with Gasteiger partial charge in [-0.2, -0.15) is 0 Å². The second kappa shape index (κ2) is 9.75. The standard InChI is InChI=1S/C35H25I/c1-24(36)19-22-29(26-12-3-2-4-13-26)35-32-17-9-7-15-30(32)34(31-16-8-10-18-33(31)35)28-21-20-25-11-5-6-14-27(25)23-28/h2-12,14-23H,1,13H2/b22-19-,29-26+. The SMILES string of the molecule is C=C(I)/C=C\C(=C1\C=CC=CC1)c1c2ccccc2c(-c2ccc3ccccc3c2)c2ccccc12. The summed E-state index contributed by atoms with van der Waals surface area (Å²) in [7, 11) is 0. The Kier molecular flexibility index (Phi) is 6.16. The molecule has 0 saturated carbocycles. The van der Waals surface area contributed by atoms with Crippen molar-refractivity contribution in [3.8, 4) is 11.1 Å². The summed E-state index contributed by atoms with van der Waals surface area (Å²) < 4.78 is 1.02. The Hall–Kier alpha value is -3.69. The first-order chi connectivity index (χ1) is 17.7. The maximum Gasteiger partial charge on any atom is 0.00581 e. The lowest BCUT2D eigenvalue weighted by molar-refractivity contribution is 1.27. The van der Waals surface area contributed by atoms with E-state index in [2.05, 4.69) is 157 Å². The van der Waals surface area contributed by atoms with E-state index >= 15 is 0 Å². The molecule has 0 N–H and O–H groups in total. The Labute approximate surface area is 225 Å². The minimum Gasteiger partial charge on any atom is -0.0856 e. The lowest BCUT2D eigenvalue weighted by Gasteiger charge is -2.20. The van der Waals surface area contributed by atoms with E-state index in [0.717, 1.165) is 10.0 Å². The van der Waals surface area contributed by atoms with Gasteiger partial charge in [0.15, 0.2) is 0 Å². The quantitative estimate of drug-likeness (QED) is 0.114. The minimum absolute atomic E-state index is 0.916. The van der Waals surface area contributed by atoms with E-state index in [0.29, 0.717) is 0 Å². The van der Waals surface area contributed by atoms with E-state index < -0.39 is 0 Å². The topological polar surface area (TPSA) is 0 Å². The number of hydrogen-bond donors (Lipinski definition) is 0. The molecule has 0 aromatic heterocycles. The Morgan fingerprint density at radius 2 is 1.33 bits per heavy atom. The van der Waals surface area contributed by atoms with Crippen LogP contribution < -0.4 is 0 Å². The van der Waals surface area contributed by atoms with Crippen LogP contribution in [-0.2, 0) is 0 Å². The molecule has 6 rings (SSSR count). The fourth-order valence-corrected chi connectivity index (χ4v) is 5.49. The molecule has 1 heteroatoms. The zero-order valence-corrected chi connectivity index (χ0v) is 22.1. The van der Waals surface area contributed by atoms with Crippen LogP contribution in [0.5, 0.6) is 0 Å². The molecule has 0 saturated heterocycles. The van der Waals surface area contributed by atoms with Gasteiger partial charge in [-0.3, -0.25) is 0 Å². The first kappa shape index (κ1) is 22.8. The molecule has 0 radical (unpaired) electrons. The van der Waals surface area contributed by atoms with Gasteiger partial charge < -0.3 is 0 Å². The molecule has 0 amide bonds. The average Bonchev–Trinajstić information content (AvgIpc) is 2.93. The van der Waals surface area contributed by atoms with Crippen molar-refractivity contribution < 1.29 is 0 Å². The van der Waals surface area contributed by atoms with E-state index in [1.54, 1.807) is 0 Å². The van der Waals surface area contributed by atoms with Crippen LogP contribution in [0.15, 0.2) is 143 Å². The second-order valence-electron chi connectivity index (χ2n) is 9.11. The lowest BCUT2D eigenvalue weighted by atomic mass is 9.83. The van der Waals surface area contributed by atoms with Gasteiger partial charge in [-0.05, 0) is 101 Å². The minimum atomic E-state index is 0.916. The highest BCUT2D eigenvalue weighted by molar-refractivity contribution is 14.1. The molecule has 0 unspecified atom stereocenters. The van der Waals surface area contributed by atoms with Gasteiger partial charge in [0.05, 0.1) is 0 Å². The number of benzene rings is 5. The van der Waals surface area contributed by atoms with Crippen LogP contribution in [0.1, 0.15) is 12.0 Å². The van der Waals surface area contributed by atoms with Crippen LogP contribution >= 0.6 is 22.6 Å². The molecule has 1 aliphatic rings. The summed E-state index contributed by atoms with van der Waals surface area (Å²) in [5.74, 6) is 0. The van der Waals surface area contributed by atoms with Gasteiger partial charge in [0.1, 0.15) is 0 Å². The van der Waals surface area contributed by atoms with E-state index in [1.807, 2.05) is 0 Å². The van der Waals surface area contributed by atoms with Crippen molar-refractivity contribution in [1.29, 1.82) is 0 Å². The molecule has 0 aliphatic heterocycles. The Morgan fingerprint density at radius 1 is 0.694 bits per heavy atom. The summed E-state index contributed by atoms with van der Waals surface area (Å²) in [5, 5.41) is 7.62. The van der Waals surface area contributed by atoms with Crippen molar-refractivity contribution in [2.75, 3.05) is 0 Å². The highest BCUT2D eigenvalue weighted by Crippen LogP contribution is 2.44. The zero-order chi connectivity index (χ0) is 24.5. The molecule has 36 heavy (non-hydrogen) atoms. The van der Waals surface area contributed by atoms with Gasteiger partial charge in [0, 0.05) is 3.58 Å². The van der Waals surface area contributed by atoms with Crippen molar-refractivity contribution in [2.24, 2.45) is 0 Å².